The SMILES string of the molecule is CC(C)(C)OC(=O)N(CCCF)[C@H]1CCN(c2ccnc3c2c2cc(C#N)ncc2n3COCC[Si](C)(C)C)C1. The lowest BCUT2D eigenvalue weighted by Crippen LogP contribution is -2.45. The van der Waals surface area contributed by atoms with E-state index in [-0.39, 0.29) is 12.5 Å². The summed E-state index contributed by atoms with van der Waals surface area (Å²) in [6.45, 7) is 14.6. The molecule has 0 spiro atoms. The van der Waals surface area contributed by atoms with Gasteiger partial charge >= 0.3 is 6.09 Å². The number of halogens is 1. The first-order valence-electron chi connectivity index (χ1n) is 14.0. The second-order valence-corrected chi connectivity index (χ2v) is 18.2. The Hall–Kier alpha value is -3.23. The minimum absolute atomic E-state index is 0.112. The van der Waals surface area contributed by atoms with Gasteiger partial charge < -0.3 is 19.3 Å². The van der Waals surface area contributed by atoms with Crippen molar-refractivity contribution in [3.05, 3.63) is 30.2 Å². The van der Waals surface area contributed by atoms with Gasteiger partial charge in [0.15, 0.2) is 0 Å². The van der Waals surface area contributed by atoms with E-state index >= 15 is 0 Å². The fourth-order valence-electron chi connectivity index (χ4n) is 5.06. The number of carbonyl (C=O) groups is 1. The highest BCUT2D eigenvalue weighted by Gasteiger charge is 2.34. The zero-order valence-corrected chi connectivity index (χ0v) is 25.5. The molecule has 9 nitrogen and oxygen atoms in total. The Bertz CT molecular complexity index is 1390. The van der Waals surface area contributed by atoms with Crippen LogP contribution >= 0.6 is 0 Å². The number of alkyl halides is 1. The number of hydrogen-bond acceptors (Lipinski definition) is 7. The number of hydrogen-bond donors (Lipinski definition) is 0. The molecule has 0 saturated carbocycles. The molecule has 11 heteroatoms. The second-order valence-electron chi connectivity index (χ2n) is 12.6. The lowest BCUT2D eigenvalue weighted by atomic mass is 10.1. The summed E-state index contributed by atoms with van der Waals surface area (Å²) in [4.78, 5) is 26.0. The number of amides is 1. The van der Waals surface area contributed by atoms with E-state index in [1.54, 1.807) is 17.3 Å². The number of aromatic nitrogens is 3. The third-order valence-corrected chi connectivity index (χ3v) is 8.75. The molecule has 1 fully saturated rings. The summed E-state index contributed by atoms with van der Waals surface area (Å²) < 4.78 is 26.9. The van der Waals surface area contributed by atoms with Crippen molar-refractivity contribution in [1.82, 2.24) is 19.4 Å². The second kappa shape index (κ2) is 12.1. The van der Waals surface area contributed by atoms with Crippen LogP contribution in [0.5, 0.6) is 0 Å². The molecule has 1 atom stereocenters. The number of carbonyl (C=O) groups excluding carboxylic acids is 1. The number of ether oxygens (including phenoxy) is 2. The van der Waals surface area contributed by atoms with Crippen molar-refractivity contribution in [2.24, 2.45) is 0 Å². The first-order chi connectivity index (χ1) is 18.9. The predicted molar refractivity (Wildman–Crippen MR) is 158 cm³/mol. The smallest absolute Gasteiger partial charge is 0.410 e. The minimum atomic E-state index is -1.23. The maximum atomic E-state index is 13.1. The highest BCUT2D eigenvalue weighted by molar-refractivity contribution is 6.76. The molecule has 0 aliphatic carbocycles. The number of rotatable bonds is 10. The summed E-state index contributed by atoms with van der Waals surface area (Å²) in [7, 11) is -1.23. The molecule has 3 aromatic rings. The molecule has 0 radical (unpaired) electrons. The van der Waals surface area contributed by atoms with Gasteiger partial charge in [0, 0.05) is 45.9 Å². The lowest BCUT2D eigenvalue weighted by molar-refractivity contribution is 0.0173. The highest BCUT2D eigenvalue weighted by Crippen LogP contribution is 2.37. The summed E-state index contributed by atoms with van der Waals surface area (Å²) in [5, 5.41) is 11.4. The van der Waals surface area contributed by atoms with Crippen molar-refractivity contribution in [2.45, 2.75) is 77.7 Å². The number of nitriles is 1. The quantitative estimate of drug-likeness (QED) is 0.220. The van der Waals surface area contributed by atoms with Crippen LogP contribution in [0.1, 0.15) is 39.3 Å². The average molecular weight is 569 g/mol. The van der Waals surface area contributed by atoms with E-state index in [1.165, 1.54) is 0 Å². The molecular weight excluding hydrogens is 527 g/mol. The van der Waals surface area contributed by atoms with E-state index in [4.69, 9.17) is 14.5 Å². The van der Waals surface area contributed by atoms with Gasteiger partial charge in [0.25, 0.3) is 0 Å². The summed E-state index contributed by atoms with van der Waals surface area (Å²) >= 11 is 0. The topological polar surface area (TPSA) is 96.5 Å². The molecule has 0 N–H and O–H groups in total. The van der Waals surface area contributed by atoms with Crippen LogP contribution in [0.25, 0.3) is 21.9 Å². The Balaban J connectivity index is 1.67. The minimum Gasteiger partial charge on any atom is -0.444 e. The standard InChI is InChI=1S/C29H41FN6O3Si/c1-29(2,3)39-28(37)35(12-7-10-30)22-9-13-34(19-22)24-8-11-32-27-26(24)23-16-21(17-31)33-18-25(23)36(27)20-38-14-15-40(4,5)6/h8,11,16,18,22H,7,9-10,12-15,19-20H2,1-6H3/t22-/m0/s1. The third-order valence-electron chi connectivity index (χ3n) is 7.04. The first kappa shape index (κ1) is 29.7. The van der Waals surface area contributed by atoms with Crippen molar-refractivity contribution in [1.29, 1.82) is 5.26 Å². The summed E-state index contributed by atoms with van der Waals surface area (Å²) in [5.41, 5.74) is 2.30. The van der Waals surface area contributed by atoms with E-state index in [2.05, 4.69) is 35.6 Å². The third kappa shape index (κ3) is 6.91. The van der Waals surface area contributed by atoms with E-state index in [1.807, 2.05) is 37.5 Å². The van der Waals surface area contributed by atoms with Crippen LogP contribution in [0.2, 0.25) is 25.7 Å². The molecule has 0 aromatic carbocycles. The van der Waals surface area contributed by atoms with Crippen LogP contribution in [-0.4, -0.2) is 78.2 Å². The molecule has 1 aliphatic rings. The number of anilines is 1. The maximum absolute atomic E-state index is 13.1. The van der Waals surface area contributed by atoms with Crippen LogP contribution in [-0.2, 0) is 16.2 Å². The number of fused-ring (bicyclic) bond motifs is 3. The molecular formula is C29H41FN6O3Si. The van der Waals surface area contributed by atoms with Crippen LogP contribution in [0.3, 0.4) is 0 Å². The average Bonchev–Trinajstić information content (AvgIpc) is 3.48. The van der Waals surface area contributed by atoms with E-state index in [0.717, 1.165) is 40.1 Å². The molecule has 4 rings (SSSR count). The van der Waals surface area contributed by atoms with Gasteiger partial charge in [-0.15, -0.1) is 0 Å². The zero-order chi connectivity index (χ0) is 29.1. The van der Waals surface area contributed by atoms with Gasteiger partial charge in [0.2, 0.25) is 0 Å². The summed E-state index contributed by atoms with van der Waals surface area (Å²) in [6, 6.07) is 6.89. The molecule has 0 bridgehead atoms. The molecule has 216 valence electrons. The van der Waals surface area contributed by atoms with Gasteiger partial charge in [-0.25, -0.2) is 14.8 Å². The molecule has 0 unspecified atom stereocenters. The maximum Gasteiger partial charge on any atom is 0.410 e. The highest BCUT2D eigenvalue weighted by atomic mass is 28.3. The van der Waals surface area contributed by atoms with Crippen LogP contribution in [0, 0.1) is 11.3 Å². The Labute approximate surface area is 236 Å². The van der Waals surface area contributed by atoms with Crippen molar-refractivity contribution in [2.75, 3.05) is 37.8 Å². The van der Waals surface area contributed by atoms with Crippen molar-refractivity contribution in [3.63, 3.8) is 0 Å². The fraction of sp³-hybridized carbons (Fsp3) is 0.586. The fourth-order valence-corrected chi connectivity index (χ4v) is 5.82. The number of pyridine rings is 2. The van der Waals surface area contributed by atoms with Crippen molar-refractivity contribution in [3.8, 4) is 6.07 Å². The van der Waals surface area contributed by atoms with Gasteiger partial charge in [-0.05, 0) is 51.8 Å². The Kier molecular flexibility index (Phi) is 9.00. The van der Waals surface area contributed by atoms with Crippen molar-refractivity contribution >= 4 is 41.8 Å². The van der Waals surface area contributed by atoms with E-state index in [0.29, 0.717) is 38.7 Å². The molecule has 1 amide bonds. The normalized spacial score (nSPS) is 16.1. The Morgan fingerprint density at radius 1 is 1.30 bits per heavy atom. The lowest BCUT2D eigenvalue weighted by Gasteiger charge is -2.31. The summed E-state index contributed by atoms with van der Waals surface area (Å²) in [5.74, 6) is 0. The monoisotopic (exact) mass is 568 g/mol. The Morgan fingerprint density at radius 2 is 2.08 bits per heavy atom. The molecule has 3 aromatic heterocycles. The van der Waals surface area contributed by atoms with Gasteiger partial charge in [0.1, 0.15) is 29.7 Å². The Morgan fingerprint density at radius 3 is 2.75 bits per heavy atom. The van der Waals surface area contributed by atoms with Gasteiger partial charge in [-0.3, -0.25) is 8.96 Å². The molecule has 40 heavy (non-hydrogen) atoms. The van der Waals surface area contributed by atoms with Gasteiger partial charge in [-0.2, -0.15) is 5.26 Å². The van der Waals surface area contributed by atoms with Crippen LogP contribution < -0.4 is 4.90 Å². The van der Waals surface area contributed by atoms with Gasteiger partial charge in [0.05, 0.1) is 35.5 Å². The zero-order valence-electron chi connectivity index (χ0n) is 24.5. The van der Waals surface area contributed by atoms with E-state index in [9.17, 15) is 14.4 Å². The van der Waals surface area contributed by atoms with Crippen LogP contribution in [0.15, 0.2) is 24.5 Å². The van der Waals surface area contributed by atoms with Gasteiger partial charge in [-0.1, -0.05) is 19.6 Å². The van der Waals surface area contributed by atoms with Crippen LogP contribution in [0.4, 0.5) is 14.9 Å². The molecule has 4 heterocycles. The van der Waals surface area contributed by atoms with E-state index < -0.39 is 26.4 Å². The van der Waals surface area contributed by atoms with Crippen molar-refractivity contribution < 1.29 is 18.7 Å². The first-order valence-corrected chi connectivity index (χ1v) is 17.7. The predicted octanol–water partition coefficient (Wildman–Crippen LogP) is 5.94. The molecule has 1 aliphatic heterocycles. The molecule has 1 saturated heterocycles. The number of nitrogens with zero attached hydrogens (tertiary/aromatic N) is 6. The largest absolute Gasteiger partial charge is 0.444 e. The summed E-state index contributed by atoms with van der Waals surface area (Å²) in [6.07, 6.45) is 4.10.